The van der Waals surface area contributed by atoms with Crippen molar-refractivity contribution in [2.45, 2.75) is 6.04 Å². The third-order valence-corrected chi connectivity index (χ3v) is 8.78. The van der Waals surface area contributed by atoms with Gasteiger partial charge in [0.25, 0.3) is 5.91 Å². The first-order valence-electron chi connectivity index (χ1n) is 13.7. The second-order valence-corrected chi connectivity index (χ2v) is 13.0. The van der Waals surface area contributed by atoms with Gasteiger partial charge in [-0.05, 0) is 23.3 Å². The number of sulfonamides is 1. The number of nitrogens with one attached hydrogen (secondary N) is 1. The second kappa shape index (κ2) is 13.1. The summed E-state index contributed by atoms with van der Waals surface area (Å²) < 4.78 is 37.4. The summed E-state index contributed by atoms with van der Waals surface area (Å²) in [5.74, 6) is -0.240. The first-order chi connectivity index (χ1) is 20.5. The molecule has 0 radical (unpaired) electrons. The van der Waals surface area contributed by atoms with Gasteiger partial charge in [0.05, 0.1) is 46.9 Å². The van der Waals surface area contributed by atoms with Crippen LogP contribution in [0.4, 0.5) is 11.4 Å². The lowest BCUT2D eigenvalue weighted by atomic mass is 9.98. The minimum Gasteiger partial charge on any atom is -0.482 e. The molecule has 0 spiro atoms. The Morgan fingerprint density at radius 1 is 1.05 bits per heavy atom. The third kappa shape index (κ3) is 7.42. The second-order valence-electron chi connectivity index (χ2n) is 10.5. The quantitative estimate of drug-likeness (QED) is 0.369. The molecule has 0 aromatic heterocycles. The smallest absolute Gasteiger partial charge is 0.265 e. The maximum Gasteiger partial charge on any atom is 0.265 e. The molecule has 10 nitrogen and oxygen atoms in total. The van der Waals surface area contributed by atoms with Crippen molar-refractivity contribution in [2.24, 2.45) is 0 Å². The van der Waals surface area contributed by atoms with Gasteiger partial charge in [-0.15, -0.1) is 0 Å². The monoisotopic (exact) mass is 646 g/mol. The number of rotatable bonds is 9. The van der Waals surface area contributed by atoms with E-state index in [-0.39, 0.29) is 36.0 Å². The minimum absolute atomic E-state index is 0.202. The molecule has 228 valence electrons. The lowest BCUT2D eigenvalue weighted by Gasteiger charge is -2.37. The molecule has 1 N–H and O–H groups in total. The van der Waals surface area contributed by atoms with E-state index >= 15 is 0 Å². The van der Waals surface area contributed by atoms with Gasteiger partial charge in [0.15, 0.2) is 6.61 Å². The Kier molecular flexibility index (Phi) is 9.48. The van der Waals surface area contributed by atoms with E-state index in [2.05, 4.69) is 9.62 Å². The van der Waals surface area contributed by atoms with Gasteiger partial charge in [0.1, 0.15) is 12.3 Å². The Balaban J connectivity index is 1.42. The number of nitrogens with zero attached hydrogens (tertiary/aromatic N) is 3. The molecule has 3 aromatic rings. The SMILES string of the molecule is CN(C(=O)CN1C(=O)COc2cc(Cl)c(Cl)cc21)C(CN1CCOCC1)c1ccc(-c2ccccc2NS(C)(=O)=O)cc1. The molecule has 2 aliphatic rings. The molecule has 1 fully saturated rings. The number of halogens is 2. The van der Waals surface area contributed by atoms with Crippen molar-refractivity contribution in [3.63, 3.8) is 0 Å². The molecule has 3 aromatic carbocycles. The molecule has 1 saturated heterocycles. The molecule has 0 aliphatic carbocycles. The van der Waals surface area contributed by atoms with Crippen molar-refractivity contribution in [1.29, 1.82) is 0 Å². The Hall–Kier alpha value is -3.35. The van der Waals surface area contributed by atoms with Crippen molar-refractivity contribution in [1.82, 2.24) is 9.80 Å². The molecule has 43 heavy (non-hydrogen) atoms. The molecule has 0 saturated carbocycles. The zero-order valence-electron chi connectivity index (χ0n) is 23.8. The predicted octanol–water partition coefficient (Wildman–Crippen LogP) is 4.29. The van der Waals surface area contributed by atoms with Crippen LogP contribution in [0.15, 0.2) is 60.7 Å². The first-order valence-corrected chi connectivity index (χ1v) is 16.3. The highest BCUT2D eigenvalue weighted by Gasteiger charge is 2.32. The molecule has 2 amide bonds. The number of amides is 2. The Morgan fingerprint density at radius 2 is 1.72 bits per heavy atom. The Morgan fingerprint density at radius 3 is 2.42 bits per heavy atom. The van der Waals surface area contributed by atoms with Gasteiger partial charge in [-0.1, -0.05) is 65.7 Å². The maximum atomic E-state index is 13.8. The van der Waals surface area contributed by atoms with Gasteiger partial charge < -0.3 is 14.4 Å². The maximum absolute atomic E-state index is 13.8. The predicted molar refractivity (Wildman–Crippen MR) is 167 cm³/mol. The number of morpholine rings is 1. The normalized spacial score (nSPS) is 16.3. The number of anilines is 2. The number of para-hydroxylation sites is 1. The van der Waals surface area contributed by atoms with Gasteiger partial charge >= 0.3 is 0 Å². The summed E-state index contributed by atoms with van der Waals surface area (Å²) in [6, 6.07) is 17.6. The Labute approximate surface area is 261 Å². The van der Waals surface area contributed by atoms with Crippen molar-refractivity contribution < 1.29 is 27.5 Å². The average molecular weight is 648 g/mol. The van der Waals surface area contributed by atoms with Gasteiger partial charge in [0, 0.05) is 38.3 Å². The number of carbonyl (C=O) groups is 2. The van der Waals surface area contributed by atoms with Gasteiger partial charge in [-0.25, -0.2) is 8.42 Å². The van der Waals surface area contributed by atoms with E-state index in [4.69, 9.17) is 32.7 Å². The largest absolute Gasteiger partial charge is 0.482 e. The number of ether oxygens (including phenoxy) is 2. The summed E-state index contributed by atoms with van der Waals surface area (Å²) >= 11 is 12.4. The van der Waals surface area contributed by atoms with Gasteiger partial charge in [-0.2, -0.15) is 0 Å². The molecule has 13 heteroatoms. The molecule has 1 unspecified atom stereocenters. The van der Waals surface area contributed by atoms with E-state index in [0.717, 1.165) is 36.0 Å². The number of hydrogen-bond donors (Lipinski definition) is 1. The average Bonchev–Trinajstić information content (AvgIpc) is 2.98. The van der Waals surface area contributed by atoms with Crippen LogP contribution in [0.25, 0.3) is 11.1 Å². The van der Waals surface area contributed by atoms with Crippen molar-refractivity contribution in [3.05, 3.63) is 76.3 Å². The van der Waals surface area contributed by atoms with E-state index in [1.165, 1.54) is 11.0 Å². The van der Waals surface area contributed by atoms with E-state index in [9.17, 15) is 18.0 Å². The van der Waals surface area contributed by atoms with Gasteiger partial charge in [0.2, 0.25) is 15.9 Å². The van der Waals surface area contributed by atoms with Crippen molar-refractivity contribution in [3.8, 4) is 16.9 Å². The standard InChI is InChI=1S/C30H32Cl2N4O6S/c1-34(29(37)18-36-26-15-23(31)24(32)16-28(26)42-19-30(36)38)27(17-35-11-13-41-14-12-35)21-9-7-20(8-10-21)22-5-3-4-6-25(22)33-43(2,39)40/h3-10,15-16,27,33H,11-14,17-19H2,1-2H3. The molecular formula is C30H32Cl2N4O6S. The zero-order chi connectivity index (χ0) is 30.7. The van der Waals surface area contributed by atoms with Crippen molar-refractivity contribution in [2.75, 3.05) is 68.9 Å². The zero-order valence-corrected chi connectivity index (χ0v) is 26.1. The van der Waals surface area contributed by atoms with Crippen LogP contribution in [0.5, 0.6) is 5.75 Å². The van der Waals surface area contributed by atoms with Crippen LogP contribution in [0.2, 0.25) is 10.0 Å². The highest BCUT2D eigenvalue weighted by molar-refractivity contribution is 7.92. The number of benzene rings is 3. The van der Waals surface area contributed by atoms with E-state index in [0.29, 0.717) is 41.9 Å². The summed E-state index contributed by atoms with van der Waals surface area (Å²) in [5, 5.41) is 0.546. The topological polar surface area (TPSA) is 108 Å². The van der Waals surface area contributed by atoms with E-state index in [1.54, 1.807) is 30.1 Å². The first kappa shape index (κ1) is 31.1. The minimum atomic E-state index is -3.47. The Bertz CT molecular complexity index is 1610. The number of hydrogen-bond acceptors (Lipinski definition) is 7. The van der Waals surface area contributed by atoms with Crippen molar-refractivity contribution >= 4 is 56.4 Å². The summed E-state index contributed by atoms with van der Waals surface area (Å²) in [7, 11) is -1.74. The van der Waals surface area contributed by atoms with Crippen LogP contribution in [-0.2, 0) is 24.3 Å². The fraction of sp³-hybridized carbons (Fsp3) is 0.333. The molecule has 0 bridgehead atoms. The van der Waals surface area contributed by atoms with Crippen LogP contribution in [0.1, 0.15) is 11.6 Å². The fourth-order valence-corrected chi connectivity index (χ4v) is 6.07. The van der Waals surface area contributed by atoms with Crippen LogP contribution in [-0.4, -0.2) is 89.3 Å². The fourth-order valence-electron chi connectivity index (χ4n) is 5.18. The highest BCUT2D eigenvalue weighted by Crippen LogP contribution is 2.39. The van der Waals surface area contributed by atoms with Crippen LogP contribution >= 0.6 is 23.2 Å². The summed E-state index contributed by atoms with van der Waals surface area (Å²) in [6.07, 6.45) is 1.11. The number of carbonyl (C=O) groups excluding carboxylic acids is 2. The van der Waals surface area contributed by atoms with Crippen LogP contribution in [0, 0.1) is 0 Å². The molecule has 2 heterocycles. The lowest BCUT2D eigenvalue weighted by molar-refractivity contribution is -0.133. The molecule has 2 aliphatic heterocycles. The van der Waals surface area contributed by atoms with Crippen LogP contribution in [0.3, 0.4) is 0 Å². The summed E-state index contributed by atoms with van der Waals surface area (Å²) in [4.78, 5) is 31.9. The lowest BCUT2D eigenvalue weighted by Crippen LogP contribution is -2.48. The number of fused-ring (bicyclic) bond motifs is 1. The van der Waals surface area contributed by atoms with Gasteiger partial charge in [-0.3, -0.25) is 24.1 Å². The molecule has 5 rings (SSSR count). The van der Waals surface area contributed by atoms with E-state index < -0.39 is 10.0 Å². The van der Waals surface area contributed by atoms with E-state index in [1.807, 2.05) is 36.4 Å². The van der Waals surface area contributed by atoms with Crippen LogP contribution < -0.4 is 14.4 Å². The molecular weight excluding hydrogens is 615 g/mol. The third-order valence-electron chi connectivity index (χ3n) is 7.46. The number of likely N-dealkylation sites (N-methyl/N-ethyl adjacent to an activating group) is 1. The highest BCUT2D eigenvalue weighted by atomic mass is 35.5. The molecule has 1 atom stereocenters. The summed E-state index contributed by atoms with van der Waals surface area (Å²) in [5.41, 5.74) is 3.32. The summed E-state index contributed by atoms with van der Waals surface area (Å²) in [6.45, 7) is 2.82.